The quantitative estimate of drug-likeness (QED) is 0.260. The summed E-state index contributed by atoms with van der Waals surface area (Å²) < 4.78 is 18.3. The molecule has 6 rings (SSSR count). The number of aromatic nitrogens is 5. The number of nitrogen functional groups attached to an aromatic ring is 1. The molecule has 38 heavy (non-hydrogen) atoms. The predicted molar refractivity (Wildman–Crippen MR) is 147 cm³/mol. The average Bonchev–Trinajstić information content (AvgIpc) is 3.53. The Hall–Kier alpha value is -3.82. The molecule has 9 heteroatoms. The van der Waals surface area contributed by atoms with E-state index in [4.69, 9.17) is 15.9 Å². The maximum atomic E-state index is 14.2. The summed E-state index contributed by atoms with van der Waals surface area (Å²) in [6, 6.07) is 15.8. The Balaban J connectivity index is 1.31. The van der Waals surface area contributed by atoms with Gasteiger partial charge in [-0.3, -0.25) is 0 Å². The highest BCUT2D eigenvalue weighted by Crippen LogP contribution is 2.37. The molecule has 0 aliphatic heterocycles. The molecule has 0 unspecified atom stereocenters. The maximum Gasteiger partial charge on any atom is 0.164 e. The number of nitrogens with two attached hydrogens (primary N) is 1. The van der Waals surface area contributed by atoms with Gasteiger partial charge in [-0.15, -0.1) is 0 Å². The molecule has 4 N–H and O–H groups in total. The smallest absolute Gasteiger partial charge is 0.164 e. The van der Waals surface area contributed by atoms with Gasteiger partial charge in [-0.05, 0) is 62.9 Å². The standard InChI is InChI=1S/C29H32FN7O/c30-24-5-2-1-4-21(24)17-36-14-12-19-16-20(6-11-25(19)36)27-26-28(31)33-18-34-29(26)37(35-27)23-9-7-22(8-10-23)32-13-3-15-38/h1-2,4-6,11-12,14,16,18,22-23,32,38H,3,7-10,13,15,17H2,(H2,31,33,34)/t22-,23-. The van der Waals surface area contributed by atoms with Crippen molar-refractivity contribution in [3.63, 3.8) is 0 Å². The van der Waals surface area contributed by atoms with Gasteiger partial charge in [-0.1, -0.05) is 24.3 Å². The van der Waals surface area contributed by atoms with Gasteiger partial charge in [-0.2, -0.15) is 5.10 Å². The minimum atomic E-state index is -0.201. The van der Waals surface area contributed by atoms with E-state index in [2.05, 4.69) is 32.0 Å². The van der Waals surface area contributed by atoms with Crippen LogP contribution in [0.4, 0.5) is 10.2 Å². The number of rotatable bonds is 8. The first-order valence-electron chi connectivity index (χ1n) is 13.3. The molecule has 1 aliphatic carbocycles. The van der Waals surface area contributed by atoms with Crippen LogP contribution in [-0.2, 0) is 6.54 Å². The summed E-state index contributed by atoms with van der Waals surface area (Å²) in [5, 5.41) is 19.5. The molecule has 0 radical (unpaired) electrons. The monoisotopic (exact) mass is 513 g/mol. The summed E-state index contributed by atoms with van der Waals surface area (Å²) in [6.45, 7) is 1.52. The first kappa shape index (κ1) is 24.5. The van der Waals surface area contributed by atoms with Crippen LogP contribution in [0, 0.1) is 5.82 Å². The molecule has 5 aromatic rings. The second-order valence-corrected chi connectivity index (χ2v) is 10.1. The second-order valence-electron chi connectivity index (χ2n) is 10.1. The molecule has 3 heterocycles. The number of hydrogen-bond donors (Lipinski definition) is 3. The Kier molecular flexibility index (Phi) is 6.78. The van der Waals surface area contributed by atoms with Crippen LogP contribution >= 0.6 is 0 Å². The molecule has 196 valence electrons. The van der Waals surface area contributed by atoms with Crippen molar-refractivity contribution in [2.45, 2.75) is 50.7 Å². The Bertz CT molecular complexity index is 1570. The minimum absolute atomic E-state index is 0.201. The molecular formula is C29H32FN7O. The summed E-state index contributed by atoms with van der Waals surface area (Å²) >= 11 is 0. The van der Waals surface area contributed by atoms with Gasteiger partial charge in [0.15, 0.2) is 5.65 Å². The number of aliphatic hydroxyl groups is 1. The van der Waals surface area contributed by atoms with Crippen LogP contribution < -0.4 is 11.1 Å². The normalized spacial score (nSPS) is 17.9. The van der Waals surface area contributed by atoms with Crippen LogP contribution in [0.1, 0.15) is 43.7 Å². The third-order valence-electron chi connectivity index (χ3n) is 7.67. The summed E-state index contributed by atoms with van der Waals surface area (Å²) in [6.07, 6.45) is 8.36. The van der Waals surface area contributed by atoms with Crippen molar-refractivity contribution in [1.82, 2.24) is 29.6 Å². The van der Waals surface area contributed by atoms with Gasteiger partial charge in [0, 0.05) is 40.9 Å². The van der Waals surface area contributed by atoms with E-state index in [1.54, 1.807) is 6.07 Å². The van der Waals surface area contributed by atoms with E-state index in [9.17, 15) is 4.39 Å². The molecule has 0 saturated heterocycles. The molecule has 0 amide bonds. The number of benzene rings is 2. The van der Waals surface area contributed by atoms with Gasteiger partial charge < -0.3 is 20.7 Å². The van der Waals surface area contributed by atoms with Crippen LogP contribution in [0.3, 0.4) is 0 Å². The number of aliphatic hydroxyl groups excluding tert-OH is 1. The van der Waals surface area contributed by atoms with Crippen molar-refractivity contribution in [3.05, 3.63) is 72.4 Å². The van der Waals surface area contributed by atoms with Crippen molar-refractivity contribution in [3.8, 4) is 11.3 Å². The van der Waals surface area contributed by atoms with Crippen LogP contribution in [0.25, 0.3) is 33.2 Å². The zero-order valence-corrected chi connectivity index (χ0v) is 21.2. The highest BCUT2D eigenvalue weighted by Gasteiger charge is 2.27. The number of nitrogens with one attached hydrogen (secondary N) is 1. The third-order valence-corrected chi connectivity index (χ3v) is 7.67. The summed E-state index contributed by atoms with van der Waals surface area (Å²) in [5.41, 5.74) is 10.5. The molecule has 0 bridgehead atoms. The van der Waals surface area contributed by atoms with Crippen molar-refractivity contribution in [1.29, 1.82) is 0 Å². The van der Waals surface area contributed by atoms with Gasteiger partial charge in [0.05, 0.1) is 18.0 Å². The topological polar surface area (TPSA) is 107 Å². The summed E-state index contributed by atoms with van der Waals surface area (Å²) in [4.78, 5) is 8.86. The largest absolute Gasteiger partial charge is 0.396 e. The highest BCUT2D eigenvalue weighted by atomic mass is 19.1. The molecule has 1 fully saturated rings. The van der Waals surface area contributed by atoms with E-state index >= 15 is 0 Å². The number of nitrogens with zero attached hydrogens (tertiary/aromatic N) is 5. The van der Waals surface area contributed by atoms with Gasteiger partial charge in [0.1, 0.15) is 23.7 Å². The number of halogens is 1. The van der Waals surface area contributed by atoms with E-state index in [1.807, 2.05) is 35.1 Å². The first-order chi connectivity index (χ1) is 18.6. The number of hydrogen-bond acceptors (Lipinski definition) is 6. The minimum Gasteiger partial charge on any atom is -0.396 e. The number of anilines is 1. The Morgan fingerprint density at radius 1 is 1.05 bits per heavy atom. The molecule has 0 spiro atoms. The third kappa shape index (κ3) is 4.63. The summed E-state index contributed by atoms with van der Waals surface area (Å²) in [7, 11) is 0. The van der Waals surface area contributed by atoms with E-state index in [-0.39, 0.29) is 18.5 Å². The molecule has 2 aromatic carbocycles. The van der Waals surface area contributed by atoms with Gasteiger partial charge in [-0.25, -0.2) is 19.0 Å². The van der Waals surface area contributed by atoms with E-state index in [0.717, 1.165) is 71.8 Å². The zero-order valence-electron chi connectivity index (χ0n) is 21.2. The predicted octanol–water partition coefficient (Wildman–Crippen LogP) is 4.67. The van der Waals surface area contributed by atoms with Gasteiger partial charge in [0.2, 0.25) is 0 Å². The molecule has 1 saturated carbocycles. The van der Waals surface area contributed by atoms with Crippen molar-refractivity contribution < 1.29 is 9.50 Å². The van der Waals surface area contributed by atoms with Gasteiger partial charge in [0.25, 0.3) is 0 Å². The second kappa shape index (κ2) is 10.5. The average molecular weight is 514 g/mol. The van der Waals surface area contributed by atoms with Crippen LogP contribution in [0.15, 0.2) is 61.1 Å². The Morgan fingerprint density at radius 3 is 2.71 bits per heavy atom. The molecule has 0 atom stereocenters. The molecular weight excluding hydrogens is 481 g/mol. The van der Waals surface area contributed by atoms with E-state index in [1.165, 1.54) is 12.4 Å². The van der Waals surface area contributed by atoms with E-state index in [0.29, 0.717) is 24.0 Å². The lowest BCUT2D eigenvalue weighted by molar-refractivity contribution is 0.259. The van der Waals surface area contributed by atoms with Crippen molar-refractivity contribution in [2.75, 3.05) is 18.9 Å². The molecule has 1 aliphatic rings. The lowest BCUT2D eigenvalue weighted by Gasteiger charge is -2.29. The first-order valence-corrected chi connectivity index (χ1v) is 13.3. The highest BCUT2D eigenvalue weighted by molar-refractivity contribution is 6.00. The van der Waals surface area contributed by atoms with Crippen LogP contribution in [0.5, 0.6) is 0 Å². The summed E-state index contributed by atoms with van der Waals surface area (Å²) in [5.74, 6) is 0.223. The van der Waals surface area contributed by atoms with Crippen LogP contribution in [0.2, 0.25) is 0 Å². The fraction of sp³-hybridized carbons (Fsp3) is 0.345. The maximum absolute atomic E-state index is 14.2. The van der Waals surface area contributed by atoms with Crippen molar-refractivity contribution >= 4 is 27.8 Å². The van der Waals surface area contributed by atoms with Crippen LogP contribution in [-0.4, -0.2) is 48.6 Å². The van der Waals surface area contributed by atoms with Gasteiger partial charge >= 0.3 is 0 Å². The molecule has 3 aromatic heterocycles. The lowest BCUT2D eigenvalue weighted by atomic mass is 9.91. The zero-order chi connectivity index (χ0) is 26.1. The Labute approximate surface area is 220 Å². The Morgan fingerprint density at radius 2 is 1.89 bits per heavy atom. The lowest BCUT2D eigenvalue weighted by Crippen LogP contribution is -2.34. The number of fused-ring (bicyclic) bond motifs is 2. The van der Waals surface area contributed by atoms with Crippen molar-refractivity contribution in [2.24, 2.45) is 0 Å². The fourth-order valence-corrected chi connectivity index (χ4v) is 5.66. The SMILES string of the molecule is Nc1ncnc2c1c(-c1ccc3c(ccn3Cc3ccccc3F)c1)nn2[C@H]1CC[C@H](NCCCO)CC1. The fourth-order valence-electron chi connectivity index (χ4n) is 5.66. The molecule has 8 nitrogen and oxygen atoms in total. The van der Waals surface area contributed by atoms with E-state index < -0.39 is 0 Å².